The van der Waals surface area contributed by atoms with Gasteiger partial charge in [-0.25, -0.2) is 14.2 Å². The van der Waals surface area contributed by atoms with Crippen LogP contribution in [0.4, 0.5) is 20.6 Å². The highest BCUT2D eigenvalue weighted by Crippen LogP contribution is 2.29. The van der Waals surface area contributed by atoms with Gasteiger partial charge in [-0.3, -0.25) is 4.79 Å². The predicted molar refractivity (Wildman–Crippen MR) is 123 cm³/mol. The minimum atomic E-state index is -0.321. The van der Waals surface area contributed by atoms with Crippen LogP contribution in [0, 0.1) is 12.7 Å². The van der Waals surface area contributed by atoms with Gasteiger partial charge in [0.1, 0.15) is 15.7 Å². The lowest BCUT2D eigenvalue weighted by atomic mass is 10.2. The van der Waals surface area contributed by atoms with E-state index in [9.17, 15) is 14.0 Å². The number of thiazole rings is 1. The number of rotatable bonds is 6. The van der Waals surface area contributed by atoms with Crippen LogP contribution in [0.3, 0.4) is 0 Å². The first-order chi connectivity index (χ1) is 15.5. The summed E-state index contributed by atoms with van der Waals surface area (Å²) in [5, 5.41) is 9.05. The maximum absolute atomic E-state index is 13.1. The van der Waals surface area contributed by atoms with Crippen molar-refractivity contribution >= 4 is 34.6 Å². The van der Waals surface area contributed by atoms with E-state index in [-0.39, 0.29) is 23.9 Å². The van der Waals surface area contributed by atoms with E-state index in [2.05, 4.69) is 20.9 Å². The fraction of sp³-hybridized carbons (Fsp3) is 0.261. The van der Waals surface area contributed by atoms with Crippen LogP contribution in [0.2, 0.25) is 0 Å². The molecule has 1 saturated heterocycles. The molecule has 7 nitrogen and oxygen atoms in total. The predicted octanol–water partition coefficient (Wildman–Crippen LogP) is 4.81. The van der Waals surface area contributed by atoms with Crippen LogP contribution in [-0.4, -0.2) is 36.2 Å². The first-order valence-corrected chi connectivity index (χ1v) is 11.1. The van der Waals surface area contributed by atoms with Crippen LogP contribution < -0.4 is 16.0 Å². The van der Waals surface area contributed by atoms with Crippen LogP contribution in [0.15, 0.2) is 48.5 Å². The summed E-state index contributed by atoms with van der Waals surface area (Å²) in [5.41, 5.74) is 2.57. The van der Waals surface area contributed by atoms with Gasteiger partial charge in [-0.2, -0.15) is 0 Å². The average molecular weight is 455 g/mol. The number of aryl methyl sites for hydroxylation is 1. The van der Waals surface area contributed by atoms with Gasteiger partial charge >= 0.3 is 6.03 Å². The van der Waals surface area contributed by atoms with Gasteiger partial charge < -0.3 is 20.7 Å². The summed E-state index contributed by atoms with van der Waals surface area (Å²) in [7, 11) is 0. The van der Waals surface area contributed by atoms with Gasteiger partial charge in [0, 0.05) is 30.1 Å². The van der Waals surface area contributed by atoms with E-state index < -0.39 is 0 Å². The van der Waals surface area contributed by atoms with Gasteiger partial charge in [-0.1, -0.05) is 0 Å². The molecule has 1 aliphatic rings. The smallest absolute Gasteiger partial charge is 0.319 e. The van der Waals surface area contributed by atoms with Crippen molar-refractivity contribution in [2.24, 2.45) is 0 Å². The zero-order valence-electron chi connectivity index (χ0n) is 17.5. The maximum atomic E-state index is 13.1. The van der Waals surface area contributed by atoms with Gasteiger partial charge in [-0.15, -0.1) is 11.3 Å². The lowest BCUT2D eigenvalue weighted by Crippen LogP contribution is -2.35. The fourth-order valence-electron chi connectivity index (χ4n) is 3.33. The molecule has 9 heteroatoms. The lowest BCUT2D eigenvalue weighted by molar-refractivity contribution is 0.102. The minimum absolute atomic E-state index is 0.0807. The SMILES string of the molecule is Cc1nc(-c2ccc(F)cc2)sc1C(=O)Nc1ccc(NC(=O)NCC2CCCO2)cc1. The largest absolute Gasteiger partial charge is 0.376 e. The number of aromatic nitrogens is 1. The molecular formula is C23H23FN4O3S. The second-order valence-corrected chi connectivity index (χ2v) is 8.44. The molecule has 1 fully saturated rings. The number of halogens is 1. The number of nitrogens with one attached hydrogen (secondary N) is 3. The van der Waals surface area contributed by atoms with E-state index >= 15 is 0 Å². The van der Waals surface area contributed by atoms with Crippen molar-refractivity contribution in [1.82, 2.24) is 10.3 Å². The highest BCUT2D eigenvalue weighted by atomic mass is 32.1. The molecule has 0 spiro atoms. The molecule has 4 rings (SSSR count). The zero-order chi connectivity index (χ0) is 22.5. The van der Waals surface area contributed by atoms with E-state index in [1.807, 2.05) is 0 Å². The Labute approximate surface area is 189 Å². The first-order valence-electron chi connectivity index (χ1n) is 10.3. The van der Waals surface area contributed by atoms with Gasteiger partial charge in [0.05, 0.1) is 11.8 Å². The number of urea groups is 1. The van der Waals surface area contributed by atoms with Crippen LogP contribution >= 0.6 is 11.3 Å². The molecule has 0 aliphatic carbocycles. The highest BCUT2D eigenvalue weighted by Gasteiger charge is 2.17. The quantitative estimate of drug-likeness (QED) is 0.498. The minimum Gasteiger partial charge on any atom is -0.376 e. The highest BCUT2D eigenvalue weighted by molar-refractivity contribution is 7.17. The fourth-order valence-corrected chi connectivity index (χ4v) is 4.30. The number of benzene rings is 2. The maximum Gasteiger partial charge on any atom is 0.319 e. The Hall–Kier alpha value is -3.30. The van der Waals surface area contributed by atoms with Crippen LogP contribution in [0.1, 0.15) is 28.2 Å². The van der Waals surface area contributed by atoms with Crippen LogP contribution in [0.25, 0.3) is 10.6 Å². The summed E-state index contributed by atoms with van der Waals surface area (Å²) in [6.45, 7) is 2.99. The van der Waals surface area contributed by atoms with Crippen molar-refractivity contribution in [2.75, 3.05) is 23.8 Å². The molecule has 2 aromatic carbocycles. The zero-order valence-corrected chi connectivity index (χ0v) is 18.3. The summed E-state index contributed by atoms with van der Waals surface area (Å²) < 4.78 is 18.6. The van der Waals surface area contributed by atoms with Crippen molar-refractivity contribution in [2.45, 2.75) is 25.9 Å². The van der Waals surface area contributed by atoms with Crippen molar-refractivity contribution in [1.29, 1.82) is 0 Å². The summed E-state index contributed by atoms with van der Waals surface area (Å²) in [6, 6.07) is 12.6. The molecule has 3 N–H and O–H groups in total. The van der Waals surface area contributed by atoms with Gasteiger partial charge in [0.2, 0.25) is 0 Å². The van der Waals surface area contributed by atoms with Gasteiger partial charge in [0.15, 0.2) is 0 Å². The summed E-state index contributed by atoms with van der Waals surface area (Å²) >= 11 is 1.25. The number of carbonyl (C=O) groups is 2. The Kier molecular flexibility index (Phi) is 6.77. The summed E-state index contributed by atoms with van der Waals surface area (Å²) in [6.07, 6.45) is 2.06. The molecule has 1 aliphatic heterocycles. The molecular weight excluding hydrogens is 431 g/mol. The number of hydrogen-bond acceptors (Lipinski definition) is 5. The lowest BCUT2D eigenvalue weighted by Gasteiger charge is -2.12. The van der Waals surface area contributed by atoms with Crippen LogP contribution in [-0.2, 0) is 4.74 Å². The van der Waals surface area contributed by atoms with Crippen LogP contribution in [0.5, 0.6) is 0 Å². The second-order valence-electron chi connectivity index (χ2n) is 7.44. The van der Waals surface area contributed by atoms with Gasteiger partial charge in [-0.05, 0) is 68.3 Å². The van der Waals surface area contributed by atoms with E-state index in [1.165, 1.54) is 23.5 Å². The third-order valence-corrected chi connectivity index (χ3v) is 6.21. The Bertz CT molecular complexity index is 1090. The van der Waals surface area contributed by atoms with E-state index in [0.717, 1.165) is 25.0 Å². The normalized spacial score (nSPS) is 15.4. The van der Waals surface area contributed by atoms with Crippen molar-refractivity contribution in [3.05, 3.63) is 64.9 Å². The molecule has 3 aromatic rings. The van der Waals surface area contributed by atoms with Crippen molar-refractivity contribution in [3.8, 4) is 10.6 Å². The van der Waals surface area contributed by atoms with E-state index in [4.69, 9.17) is 4.74 Å². The summed E-state index contributed by atoms with van der Waals surface area (Å²) in [4.78, 5) is 29.7. The number of nitrogens with zero attached hydrogens (tertiary/aromatic N) is 1. The Morgan fingerprint density at radius 3 is 2.44 bits per heavy atom. The third-order valence-electron chi connectivity index (χ3n) is 5.01. The average Bonchev–Trinajstić information content (AvgIpc) is 3.44. The number of carbonyl (C=O) groups excluding carboxylic acids is 2. The number of hydrogen-bond donors (Lipinski definition) is 3. The molecule has 0 bridgehead atoms. The number of amides is 3. The number of ether oxygens (including phenoxy) is 1. The molecule has 1 atom stereocenters. The third kappa shape index (κ3) is 5.49. The van der Waals surface area contributed by atoms with E-state index in [1.54, 1.807) is 43.3 Å². The first kappa shape index (κ1) is 21.9. The molecule has 0 saturated carbocycles. The van der Waals surface area contributed by atoms with E-state index in [0.29, 0.717) is 33.5 Å². The number of anilines is 2. The second kappa shape index (κ2) is 9.88. The molecule has 32 heavy (non-hydrogen) atoms. The Morgan fingerprint density at radius 2 is 1.78 bits per heavy atom. The van der Waals surface area contributed by atoms with Crippen molar-refractivity contribution in [3.63, 3.8) is 0 Å². The standard InChI is InChI=1S/C23H23FN4O3S/c1-14-20(32-22(26-14)15-4-6-16(24)7-5-15)21(29)27-17-8-10-18(11-9-17)28-23(30)25-13-19-3-2-12-31-19/h4-11,19H,2-3,12-13H2,1H3,(H,27,29)(H2,25,28,30). The molecule has 1 unspecified atom stereocenters. The monoisotopic (exact) mass is 454 g/mol. The molecule has 2 heterocycles. The topological polar surface area (TPSA) is 92.4 Å². The Morgan fingerprint density at radius 1 is 1.09 bits per heavy atom. The van der Waals surface area contributed by atoms with Gasteiger partial charge in [0.25, 0.3) is 5.91 Å². The molecule has 166 valence electrons. The Balaban J connectivity index is 1.33. The molecule has 1 aromatic heterocycles. The van der Waals surface area contributed by atoms with Crippen molar-refractivity contribution < 1.29 is 18.7 Å². The summed E-state index contributed by atoms with van der Waals surface area (Å²) in [5.74, 6) is -0.596. The molecule has 3 amide bonds. The molecule has 0 radical (unpaired) electrons.